The predicted octanol–water partition coefficient (Wildman–Crippen LogP) is 4.74. The smallest absolute Gasteiger partial charge is 0.123 e. The molecule has 2 heteroatoms. The summed E-state index contributed by atoms with van der Waals surface area (Å²) < 4.78 is 6.06. The third-order valence-electron chi connectivity index (χ3n) is 5.50. The van der Waals surface area contributed by atoms with E-state index >= 15 is 0 Å². The van der Waals surface area contributed by atoms with Gasteiger partial charge in [-0.2, -0.15) is 5.26 Å². The van der Waals surface area contributed by atoms with Crippen molar-refractivity contribution in [3.05, 3.63) is 29.8 Å². The van der Waals surface area contributed by atoms with E-state index in [0.29, 0.717) is 0 Å². The molecule has 1 aliphatic carbocycles. The van der Waals surface area contributed by atoms with Gasteiger partial charge in [-0.25, -0.2) is 0 Å². The Labute approximate surface area is 128 Å². The molecule has 0 N–H and O–H groups in total. The maximum absolute atomic E-state index is 9.74. The molecule has 2 nitrogen and oxygen atoms in total. The first-order valence-corrected chi connectivity index (χ1v) is 8.28. The molecule has 21 heavy (non-hydrogen) atoms. The number of rotatable bonds is 3. The van der Waals surface area contributed by atoms with Crippen LogP contribution in [0.5, 0.6) is 5.75 Å². The minimum absolute atomic E-state index is 0.155. The van der Waals surface area contributed by atoms with Crippen LogP contribution < -0.4 is 4.74 Å². The van der Waals surface area contributed by atoms with Gasteiger partial charge in [-0.05, 0) is 49.1 Å². The van der Waals surface area contributed by atoms with Crippen molar-refractivity contribution >= 4 is 0 Å². The number of hydrogen-bond donors (Lipinski definition) is 0. The van der Waals surface area contributed by atoms with Gasteiger partial charge in [0.2, 0.25) is 0 Å². The van der Waals surface area contributed by atoms with Gasteiger partial charge in [0, 0.05) is 12.8 Å². The highest BCUT2D eigenvalue weighted by Gasteiger charge is 2.40. The first-order chi connectivity index (χ1) is 10.1. The fourth-order valence-corrected chi connectivity index (χ4v) is 4.02. The largest absolute Gasteiger partial charge is 0.490 e. The van der Waals surface area contributed by atoms with E-state index < -0.39 is 0 Å². The third-order valence-corrected chi connectivity index (χ3v) is 5.50. The van der Waals surface area contributed by atoms with E-state index in [1.807, 2.05) is 12.1 Å². The summed E-state index contributed by atoms with van der Waals surface area (Å²) in [5, 5.41) is 9.74. The first kappa shape index (κ1) is 14.4. The zero-order valence-corrected chi connectivity index (χ0v) is 13.1. The van der Waals surface area contributed by atoms with Crippen molar-refractivity contribution in [1.29, 1.82) is 5.26 Å². The molecule has 1 aromatic rings. The lowest BCUT2D eigenvalue weighted by Crippen LogP contribution is -2.33. The van der Waals surface area contributed by atoms with E-state index in [2.05, 4.69) is 32.0 Å². The van der Waals surface area contributed by atoms with Crippen molar-refractivity contribution < 1.29 is 4.74 Å². The van der Waals surface area contributed by atoms with Gasteiger partial charge < -0.3 is 4.74 Å². The Morgan fingerprint density at radius 1 is 1.29 bits per heavy atom. The number of para-hydroxylation sites is 1. The maximum atomic E-state index is 9.74. The lowest BCUT2D eigenvalue weighted by molar-refractivity contribution is 0.109. The van der Waals surface area contributed by atoms with E-state index in [1.54, 1.807) is 0 Å². The number of hydrogen-bond acceptors (Lipinski definition) is 2. The van der Waals surface area contributed by atoms with Crippen LogP contribution in [0.3, 0.4) is 0 Å². The van der Waals surface area contributed by atoms with E-state index in [1.165, 1.54) is 18.4 Å². The second kappa shape index (κ2) is 5.72. The number of fused-ring (bicyclic) bond motifs is 1. The standard InChI is InChI=1S/C19H25NO/c1-14(2)15-7-9-19(13-20,10-8-15)12-17-11-16-5-3-4-6-18(16)21-17/h3-6,14-15,17H,7-12H2,1-2H3. The van der Waals surface area contributed by atoms with Crippen LogP contribution in [0.1, 0.15) is 51.5 Å². The summed E-state index contributed by atoms with van der Waals surface area (Å²) in [6, 6.07) is 10.9. The Morgan fingerprint density at radius 2 is 2.00 bits per heavy atom. The summed E-state index contributed by atoms with van der Waals surface area (Å²) >= 11 is 0. The second-order valence-corrected chi connectivity index (χ2v) is 7.23. The molecule has 3 rings (SSSR count). The summed E-state index contributed by atoms with van der Waals surface area (Å²) in [7, 11) is 0. The van der Waals surface area contributed by atoms with Gasteiger partial charge in [0.1, 0.15) is 11.9 Å². The zero-order valence-electron chi connectivity index (χ0n) is 13.1. The molecule has 1 heterocycles. The molecule has 0 spiro atoms. The second-order valence-electron chi connectivity index (χ2n) is 7.23. The van der Waals surface area contributed by atoms with E-state index in [0.717, 1.165) is 43.3 Å². The van der Waals surface area contributed by atoms with E-state index in [4.69, 9.17) is 4.74 Å². The van der Waals surface area contributed by atoms with Crippen molar-refractivity contribution in [2.45, 2.75) is 58.5 Å². The zero-order chi connectivity index (χ0) is 14.9. The molecule has 112 valence electrons. The normalized spacial score (nSPS) is 31.5. The Morgan fingerprint density at radius 3 is 2.62 bits per heavy atom. The fourth-order valence-electron chi connectivity index (χ4n) is 4.02. The molecule has 1 atom stereocenters. The highest BCUT2D eigenvalue weighted by molar-refractivity contribution is 5.37. The molecule has 0 aromatic heterocycles. The molecule has 0 saturated heterocycles. The van der Waals surface area contributed by atoms with Crippen LogP contribution in [-0.2, 0) is 6.42 Å². The molecular formula is C19H25NO. The summed E-state index contributed by atoms with van der Waals surface area (Å²) in [4.78, 5) is 0. The van der Waals surface area contributed by atoms with Crippen molar-refractivity contribution in [2.24, 2.45) is 17.3 Å². The van der Waals surface area contributed by atoms with Gasteiger partial charge in [0.25, 0.3) is 0 Å². The quantitative estimate of drug-likeness (QED) is 0.803. The lowest BCUT2D eigenvalue weighted by atomic mass is 9.66. The van der Waals surface area contributed by atoms with Crippen LogP contribution in [0.25, 0.3) is 0 Å². The van der Waals surface area contributed by atoms with Gasteiger partial charge in [-0.3, -0.25) is 0 Å². The molecule has 0 radical (unpaired) electrons. The Kier molecular flexibility index (Phi) is 3.93. The minimum atomic E-state index is -0.155. The number of nitriles is 1. The summed E-state index contributed by atoms with van der Waals surface area (Å²) in [5.74, 6) is 2.56. The molecule has 1 fully saturated rings. The van der Waals surface area contributed by atoms with Crippen molar-refractivity contribution in [1.82, 2.24) is 0 Å². The maximum Gasteiger partial charge on any atom is 0.123 e. The van der Waals surface area contributed by atoms with Gasteiger partial charge in [-0.15, -0.1) is 0 Å². The topological polar surface area (TPSA) is 33.0 Å². The van der Waals surface area contributed by atoms with Crippen LogP contribution in [0, 0.1) is 28.6 Å². The Bertz CT molecular complexity index is 510. The van der Waals surface area contributed by atoms with Crippen LogP contribution in [0.2, 0.25) is 0 Å². The highest BCUT2D eigenvalue weighted by Crippen LogP contribution is 2.45. The molecule has 2 aliphatic rings. The molecule has 0 amide bonds. The molecule has 0 bridgehead atoms. The number of nitrogens with zero attached hydrogens (tertiary/aromatic N) is 1. The SMILES string of the molecule is CC(C)C1CCC(C#N)(CC2Cc3ccccc3O2)CC1. The first-order valence-electron chi connectivity index (χ1n) is 8.28. The van der Waals surface area contributed by atoms with Crippen molar-refractivity contribution in [3.63, 3.8) is 0 Å². The highest BCUT2D eigenvalue weighted by atomic mass is 16.5. The van der Waals surface area contributed by atoms with Gasteiger partial charge in [0.15, 0.2) is 0 Å². The van der Waals surface area contributed by atoms with E-state index in [9.17, 15) is 5.26 Å². The van der Waals surface area contributed by atoms with Gasteiger partial charge in [0.05, 0.1) is 11.5 Å². The van der Waals surface area contributed by atoms with Gasteiger partial charge >= 0.3 is 0 Å². The molecular weight excluding hydrogens is 258 g/mol. The summed E-state index contributed by atoms with van der Waals surface area (Å²) in [5.41, 5.74) is 1.14. The average molecular weight is 283 g/mol. The minimum Gasteiger partial charge on any atom is -0.490 e. The van der Waals surface area contributed by atoms with Crippen molar-refractivity contribution in [2.75, 3.05) is 0 Å². The summed E-state index contributed by atoms with van der Waals surface area (Å²) in [6.45, 7) is 4.61. The van der Waals surface area contributed by atoms with E-state index in [-0.39, 0.29) is 11.5 Å². The summed E-state index contributed by atoms with van der Waals surface area (Å²) in [6.07, 6.45) is 6.54. The van der Waals surface area contributed by atoms with Crippen molar-refractivity contribution in [3.8, 4) is 11.8 Å². The van der Waals surface area contributed by atoms with Crippen LogP contribution >= 0.6 is 0 Å². The molecule has 1 aliphatic heterocycles. The fraction of sp³-hybridized carbons (Fsp3) is 0.632. The lowest BCUT2D eigenvalue weighted by Gasteiger charge is -2.37. The molecule has 1 saturated carbocycles. The monoisotopic (exact) mass is 283 g/mol. The Hall–Kier alpha value is -1.49. The van der Waals surface area contributed by atoms with Crippen LogP contribution in [0.4, 0.5) is 0 Å². The van der Waals surface area contributed by atoms with Gasteiger partial charge in [-0.1, -0.05) is 32.0 Å². The third kappa shape index (κ3) is 2.93. The number of benzene rings is 1. The number of ether oxygens (including phenoxy) is 1. The predicted molar refractivity (Wildman–Crippen MR) is 84.0 cm³/mol. The van der Waals surface area contributed by atoms with Crippen LogP contribution in [0.15, 0.2) is 24.3 Å². The van der Waals surface area contributed by atoms with Crippen LogP contribution in [-0.4, -0.2) is 6.10 Å². The average Bonchev–Trinajstić information content (AvgIpc) is 2.89. The molecule has 1 unspecified atom stereocenters. The molecule has 1 aromatic carbocycles. The Balaban J connectivity index is 1.63.